The number of rotatable bonds is 10. The summed E-state index contributed by atoms with van der Waals surface area (Å²) < 4.78 is 43.3. The summed E-state index contributed by atoms with van der Waals surface area (Å²) >= 11 is 6.39. The number of anilines is 1. The summed E-state index contributed by atoms with van der Waals surface area (Å²) in [6, 6.07) is 17.5. The van der Waals surface area contributed by atoms with E-state index >= 15 is 4.39 Å². The summed E-state index contributed by atoms with van der Waals surface area (Å²) in [6.07, 6.45) is 3.78. The minimum absolute atomic E-state index is 0.0315. The summed E-state index contributed by atoms with van der Waals surface area (Å²) in [7, 11) is -4.35. The number of amides is 2. The first-order valence-electron chi connectivity index (χ1n) is 13.2. The molecule has 1 fully saturated rings. The maximum absolute atomic E-state index is 15.0. The van der Waals surface area contributed by atoms with E-state index in [1.54, 1.807) is 43.3 Å². The van der Waals surface area contributed by atoms with Crippen molar-refractivity contribution < 1.29 is 22.4 Å². The minimum atomic E-state index is -4.35. The van der Waals surface area contributed by atoms with Gasteiger partial charge in [0.1, 0.15) is 18.4 Å². The van der Waals surface area contributed by atoms with Crippen molar-refractivity contribution in [1.29, 1.82) is 0 Å². The second-order valence-electron chi connectivity index (χ2n) is 10.1. The van der Waals surface area contributed by atoms with Crippen LogP contribution in [-0.2, 0) is 26.2 Å². The number of nitrogens with one attached hydrogen (secondary N) is 1. The normalized spacial score (nSPS) is 14.5. The third-order valence-electron chi connectivity index (χ3n) is 7.18. The summed E-state index contributed by atoms with van der Waals surface area (Å²) in [5.41, 5.74) is 1.18. The summed E-state index contributed by atoms with van der Waals surface area (Å²) in [5, 5.41) is 3.42. The van der Waals surface area contributed by atoms with Gasteiger partial charge in [0, 0.05) is 17.6 Å². The molecule has 40 heavy (non-hydrogen) atoms. The molecule has 3 aromatic carbocycles. The first-order valence-corrected chi connectivity index (χ1v) is 15.1. The van der Waals surface area contributed by atoms with Crippen LogP contribution in [0, 0.1) is 12.7 Å². The Labute approximate surface area is 240 Å². The van der Waals surface area contributed by atoms with E-state index in [1.807, 2.05) is 6.92 Å². The second kappa shape index (κ2) is 12.8. The molecule has 7 nitrogen and oxygen atoms in total. The SMILES string of the molecule is Cc1ccc(S(=O)(=O)N(CC(=O)N(Cc2ccccc2Cl)[C@@H](C)C(=O)NC2CCCC2)c2ccccc2F)cc1. The molecule has 0 saturated heterocycles. The largest absolute Gasteiger partial charge is 0.352 e. The number of nitrogens with zero attached hydrogens (tertiary/aromatic N) is 2. The lowest BCUT2D eigenvalue weighted by Gasteiger charge is -2.32. The van der Waals surface area contributed by atoms with Crippen molar-refractivity contribution in [3.8, 4) is 0 Å². The first-order chi connectivity index (χ1) is 19.1. The van der Waals surface area contributed by atoms with Gasteiger partial charge in [-0.2, -0.15) is 0 Å². The van der Waals surface area contributed by atoms with E-state index in [2.05, 4.69) is 5.32 Å². The van der Waals surface area contributed by atoms with Crippen molar-refractivity contribution in [3.05, 3.63) is 94.8 Å². The zero-order valence-corrected chi connectivity index (χ0v) is 24.1. The van der Waals surface area contributed by atoms with Gasteiger partial charge in [-0.1, -0.05) is 72.5 Å². The number of benzene rings is 3. The van der Waals surface area contributed by atoms with Crippen molar-refractivity contribution in [1.82, 2.24) is 10.2 Å². The number of halogens is 2. The molecule has 212 valence electrons. The van der Waals surface area contributed by atoms with Gasteiger partial charge in [-0.05, 0) is 62.6 Å². The van der Waals surface area contributed by atoms with Crippen molar-refractivity contribution in [2.45, 2.75) is 63.1 Å². The van der Waals surface area contributed by atoms with Crippen molar-refractivity contribution in [2.75, 3.05) is 10.8 Å². The van der Waals surface area contributed by atoms with Crippen LogP contribution < -0.4 is 9.62 Å². The Morgan fingerprint density at radius 1 is 1.00 bits per heavy atom. The fourth-order valence-electron chi connectivity index (χ4n) is 4.79. The predicted molar refractivity (Wildman–Crippen MR) is 154 cm³/mol. The third kappa shape index (κ3) is 6.82. The van der Waals surface area contributed by atoms with Crippen LogP contribution in [0.15, 0.2) is 77.7 Å². The van der Waals surface area contributed by atoms with Gasteiger partial charge in [-0.3, -0.25) is 13.9 Å². The van der Waals surface area contributed by atoms with E-state index in [-0.39, 0.29) is 29.1 Å². The molecule has 1 saturated carbocycles. The van der Waals surface area contributed by atoms with Gasteiger partial charge in [0.25, 0.3) is 10.0 Å². The van der Waals surface area contributed by atoms with Gasteiger partial charge in [0.15, 0.2) is 0 Å². The number of aryl methyl sites for hydroxylation is 1. The Kier molecular flexibility index (Phi) is 9.48. The highest BCUT2D eigenvalue weighted by Crippen LogP contribution is 2.28. The smallest absolute Gasteiger partial charge is 0.264 e. The maximum atomic E-state index is 15.0. The van der Waals surface area contributed by atoms with Crippen LogP contribution in [-0.4, -0.2) is 43.8 Å². The average Bonchev–Trinajstić information content (AvgIpc) is 3.44. The molecule has 0 unspecified atom stereocenters. The number of sulfonamides is 1. The van der Waals surface area contributed by atoms with Crippen LogP contribution in [0.2, 0.25) is 5.02 Å². The standard InChI is InChI=1S/C30H33ClFN3O4S/c1-21-15-17-25(18-16-21)40(38,39)35(28-14-8-7-13-27(28)32)20-29(36)34(19-23-9-3-6-12-26(23)31)22(2)30(37)33-24-10-4-5-11-24/h3,6-9,12-18,22,24H,4-5,10-11,19-20H2,1-2H3,(H,33,37)/t22-/m0/s1. The molecule has 0 radical (unpaired) electrons. The molecular weight excluding hydrogens is 553 g/mol. The number of para-hydroxylation sites is 1. The fraction of sp³-hybridized carbons (Fsp3) is 0.333. The van der Waals surface area contributed by atoms with E-state index in [0.717, 1.165) is 41.6 Å². The molecule has 0 bridgehead atoms. The molecule has 2 amide bonds. The molecule has 1 N–H and O–H groups in total. The lowest BCUT2D eigenvalue weighted by Crippen LogP contribution is -2.52. The monoisotopic (exact) mass is 585 g/mol. The molecule has 0 aromatic heterocycles. The molecule has 0 heterocycles. The number of hydrogen-bond acceptors (Lipinski definition) is 4. The van der Waals surface area contributed by atoms with Crippen LogP contribution in [0.1, 0.15) is 43.7 Å². The fourth-order valence-corrected chi connectivity index (χ4v) is 6.41. The van der Waals surface area contributed by atoms with Gasteiger partial charge in [-0.15, -0.1) is 0 Å². The number of carbonyl (C=O) groups is 2. The van der Waals surface area contributed by atoms with E-state index < -0.39 is 34.3 Å². The lowest BCUT2D eigenvalue weighted by molar-refractivity contribution is -0.139. The highest BCUT2D eigenvalue weighted by Gasteiger charge is 2.34. The molecule has 0 spiro atoms. The molecule has 3 aromatic rings. The molecule has 1 aliphatic carbocycles. The zero-order chi connectivity index (χ0) is 28.9. The van der Waals surface area contributed by atoms with Crippen LogP contribution in [0.5, 0.6) is 0 Å². The quantitative estimate of drug-likeness (QED) is 0.342. The van der Waals surface area contributed by atoms with Crippen LogP contribution in [0.3, 0.4) is 0 Å². The first kappa shape index (κ1) is 29.6. The maximum Gasteiger partial charge on any atom is 0.264 e. The van der Waals surface area contributed by atoms with Crippen molar-refractivity contribution in [3.63, 3.8) is 0 Å². The van der Waals surface area contributed by atoms with Gasteiger partial charge in [0.2, 0.25) is 11.8 Å². The summed E-state index contributed by atoms with van der Waals surface area (Å²) in [5.74, 6) is -1.81. The zero-order valence-electron chi connectivity index (χ0n) is 22.5. The highest BCUT2D eigenvalue weighted by molar-refractivity contribution is 7.92. The van der Waals surface area contributed by atoms with Gasteiger partial charge < -0.3 is 10.2 Å². The molecule has 1 aliphatic rings. The number of carbonyl (C=O) groups excluding carboxylic acids is 2. The van der Waals surface area contributed by atoms with Crippen LogP contribution in [0.4, 0.5) is 10.1 Å². The van der Waals surface area contributed by atoms with E-state index in [9.17, 15) is 18.0 Å². The Hall–Kier alpha value is -3.43. The van der Waals surface area contributed by atoms with Gasteiger partial charge >= 0.3 is 0 Å². The van der Waals surface area contributed by atoms with Gasteiger partial charge in [0.05, 0.1) is 10.6 Å². The van der Waals surface area contributed by atoms with Crippen molar-refractivity contribution in [2.24, 2.45) is 0 Å². The summed E-state index contributed by atoms with van der Waals surface area (Å²) in [6.45, 7) is 2.66. The Balaban J connectivity index is 1.70. The lowest BCUT2D eigenvalue weighted by atomic mass is 10.1. The van der Waals surface area contributed by atoms with E-state index in [1.165, 1.54) is 35.2 Å². The predicted octanol–water partition coefficient (Wildman–Crippen LogP) is 5.46. The van der Waals surface area contributed by atoms with Crippen molar-refractivity contribution >= 4 is 39.1 Å². The summed E-state index contributed by atoms with van der Waals surface area (Å²) in [4.78, 5) is 28.4. The molecule has 4 rings (SSSR count). The average molecular weight is 586 g/mol. The number of hydrogen-bond donors (Lipinski definition) is 1. The highest BCUT2D eigenvalue weighted by atomic mass is 35.5. The minimum Gasteiger partial charge on any atom is -0.352 e. The third-order valence-corrected chi connectivity index (χ3v) is 9.32. The van der Waals surface area contributed by atoms with Crippen LogP contribution >= 0.6 is 11.6 Å². The Morgan fingerprint density at radius 2 is 1.62 bits per heavy atom. The Morgan fingerprint density at radius 3 is 2.27 bits per heavy atom. The topological polar surface area (TPSA) is 86.8 Å². The molecule has 0 aliphatic heterocycles. The molecule has 10 heteroatoms. The molecule has 1 atom stereocenters. The molecular formula is C30H33ClFN3O4S. The van der Waals surface area contributed by atoms with Gasteiger partial charge in [-0.25, -0.2) is 12.8 Å². The van der Waals surface area contributed by atoms with E-state index in [4.69, 9.17) is 11.6 Å². The van der Waals surface area contributed by atoms with E-state index in [0.29, 0.717) is 10.6 Å². The Bertz CT molecular complexity index is 1460. The second-order valence-corrected chi connectivity index (χ2v) is 12.3. The van der Waals surface area contributed by atoms with Crippen LogP contribution in [0.25, 0.3) is 0 Å².